The van der Waals surface area contributed by atoms with E-state index in [1.54, 1.807) is 24.3 Å². The molecule has 2 amide bonds. The van der Waals surface area contributed by atoms with Crippen LogP contribution in [0.3, 0.4) is 0 Å². The minimum absolute atomic E-state index is 0.0599. The second-order valence-electron chi connectivity index (χ2n) is 5.56. The van der Waals surface area contributed by atoms with Crippen molar-refractivity contribution in [3.05, 3.63) is 41.0 Å². The molecule has 1 aromatic heterocycles. The normalized spacial score (nSPS) is 13.3. The fourth-order valence-electron chi connectivity index (χ4n) is 2.04. The lowest BCUT2D eigenvalue weighted by Gasteiger charge is -2.08. The first kappa shape index (κ1) is 17.2. The van der Waals surface area contributed by atoms with Gasteiger partial charge < -0.3 is 19.9 Å². The lowest BCUT2D eigenvalue weighted by molar-refractivity contribution is -0.123. The first-order chi connectivity index (χ1) is 12.1. The van der Waals surface area contributed by atoms with Gasteiger partial charge in [-0.05, 0) is 25.0 Å². The van der Waals surface area contributed by atoms with Crippen molar-refractivity contribution in [1.29, 1.82) is 0 Å². The fourth-order valence-corrected chi connectivity index (χ4v) is 2.23. The number of nitrogens with one attached hydrogen (secondary N) is 2. The molecule has 1 aliphatic carbocycles. The van der Waals surface area contributed by atoms with Crippen molar-refractivity contribution in [2.24, 2.45) is 0 Å². The van der Waals surface area contributed by atoms with Crippen LogP contribution < -0.4 is 15.4 Å². The lowest BCUT2D eigenvalue weighted by Crippen LogP contribution is -2.36. The Hall–Kier alpha value is -2.61. The number of carbonyl (C=O) groups excluding carboxylic acids is 2. The molecule has 8 nitrogen and oxygen atoms in total. The van der Waals surface area contributed by atoms with Gasteiger partial charge in [-0.15, -0.1) is 0 Å². The predicted octanol–water partition coefficient (Wildman–Crippen LogP) is 1.53. The largest absolute Gasteiger partial charge is 0.482 e. The van der Waals surface area contributed by atoms with E-state index in [0.29, 0.717) is 22.5 Å². The van der Waals surface area contributed by atoms with E-state index in [2.05, 4.69) is 20.8 Å². The number of rotatable bonds is 8. The van der Waals surface area contributed by atoms with E-state index in [-0.39, 0.29) is 31.5 Å². The molecule has 132 valence electrons. The summed E-state index contributed by atoms with van der Waals surface area (Å²) in [6.45, 7) is 0.323. The second kappa shape index (κ2) is 7.98. The van der Waals surface area contributed by atoms with E-state index in [0.717, 1.165) is 12.8 Å². The summed E-state index contributed by atoms with van der Waals surface area (Å²) in [5, 5.41) is 9.43. The van der Waals surface area contributed by atoms with E-state index in [1.807, 2.05) is 0 Å². The first-order valence-electron chi connectivity index (χ1n) is 7.89. The molecule has 1 aromatic carbocycles. The van der Waals surface area contributed by atoms with Gasteiger partial charge in [-0.2, -0.15) is 4.98 Å². The van der Waals surface area contributed by atoms with Gasteiger partial charge in [0.1, 0.15) is 5.75 Å². The summed E-state index contributed by atoms with van der Waals surface area (Å²) in [4.78, 5) is 27.6. The number of para-hydroxylation sites is 1. The van der Waals surface area contributed by atoms with Crippen LogP contribution in [-0.2, 0) is 4.79 Å². The van der Waals surface area contributed by atoms with E-state index >= 15 is 0 Å². The Morgan fingerprint density at radius 2 is 2.00 bits per heavy atom. The molecule has 0 spiro atoms. The maximum Gasteiger partial charge on any atom is 0.315 e. The Labute approximate surface area is 148 Å². The summed E-state index contributed by atoms with van der Waals surface area (Å²) >= 11 is 5.93. The standard InChI is InChI=1S/C16H17ClN4O4/c17-11-3-1-2-4-12(11)24-9-13(22)18-7-8-19-15(23)16-20-14(21-25-16)10-5-6-10/h1-4,10H,5-9H2,(H,18,22)(H,19,23). The molecule has 1 saturated carbocycles. The summed E-state index contributed by atoms with van der Waals surface area (Å²) in [7, 11) is 0. The average Bonchev–Trinajstić information content (AvgIpc) is 3.34. The van der Waals surface area contributed by atoms with Gasteiger partial charge in [0.25, 0.3) is 5.91 Å². The number of carbonyl (C=O) groups is 2. The number of aromatic nitrogens is 2. The molecule has 3 rings (SSSR count). The molecule has 25 heavy (non-hydrogen) atoms. The Kier molecular flexibility index (Phi) is 5.49. The molecule has 1 heterocycles. The number of ether oxygens (including phenoxy) is 1. The summed E-state index contributed by atoms with van der Waals surface area (Å²) in [5.74, 6) is 0.507. The van der Waals surface area contributed by atoms with E-state index in [4.69, 9.17) is 20.9 Å². The van der Waals surface area contributed by atoms with Crippen molar-refractivity contribution in [2.75, 3.05) is 19.7 Å². The maximum absolute atomic E-state index is 11.8. The molecule has 2 aromatic rings. The van der Waals surface area contributed by atoms with Crippen LogP contribution in [-0.4, -0.2) is 41.7 Å². The SMILES string of the molecule is O=C(COc1ccccc1Cl)NCCNC(=O)c1nc(C2CC2)no1. The molecule has 0 unspecified atom stereocenters. The zero-order valence-corrected chi connectivity index (χ0v) is 14.1. The third-order valence-electron chi connectivity index (χ3n) is 3.51. The highest BCUT2D eigenvalue weighted by Crippen LogP contribution is 2.38. The Morgan fingerprint density at radius 3 is 2.76 bits per heavy atom. The van der Waals surface area contributed by atoms with Crippen LogP contribution in [0.5, 0.6) is 5.75 Å². The predicted molar refractivity (Wildman–Crippen MR) is 88.6 cm³/mol. The highest BCUT2D eigenvalue weighted by atomic mass is 35.5. The van der Waals surface area contributed by atoms with Crippen LogP contribution in [0.4, 0.5) is 0 Å². The molecular formula is C16H17ClN4O4. The van der Waals surface area contributed by atoms with Crippen LogP contribution >= 0.6 is 11.6 Å². The monoisotopic (exact) mass is 364 g/mol. The van der Waals surface area contributed by atoms with Gasteiger partial charge in [-0.1, -0.05) is 28.9 Å². The Bertz CT molecular complexity index is 760. The Morgan fingerprint density at radius 1 is 1.24 bits per heavy atom. The molecule has 2 N–H and O–H groups in total. The summed E-state index contributed by atoms with van der Waals surface area (Å²) < 4.78 is 10.2. The van der Waals surface area contributed by atoms with Crippen LogP contribution in [0.1, 0.15) is 35.3 Å². The van der Waals surface area contributed by atoms with Gasteiger partial charge in [0.05, 0.1) is 5.02 Å². The molecule has 0 atom stereocenters. The zero-order valence-electron chi connectivity index (χ0n) is 13.3. The average molecular weight is 365 g/mol. The molecule has 0 aliphatic heterocycles. The van der Waals surface area contributed by atoms with E-state index < -0.39 is 5.91 Å². The third-order valence-corrected chi connectivity index (χ3v) is 3.82. The van der Waals surface area contributed by atoms with Crippen LogP contribution in [0, 0.1) is 0 Å². The zero-order chi connectivity index (χ0) is 17.6. The number of benzene rings is 1. The van der Waals surface area contributed by atoms with Crippen molar-refractivity contribution >= 4 is 23.4 Å². The maximum atomic E-state index is 11.8. The molecule has 0 radical (unpaired) electrons. The fraction of sp³-hybridized carbons (Fsp3) is 0.375. The van der Waals surface area contributed by atoms with E-state index in [1.165, 1.54) is 0 Å². The van der Waals surface area contributed by atoms with Gasteiger partial charge in [0.2, 0.25) is 0 Å². The summed E-state index contributed by atoms with van der Waals surface area (Å²) in [6.07, 6.45) is 2.06. The van der Waals surface area contributed by atoms with Crippen molar-refractivity contribution in [1.82, 2.24) is 20.8 Å². The van der Waals surface area contributed by atoms with Crippen molar-refractivity contribution < 1.29 is 18.8 Å². The number of halogens is 1. The van der Waals surface area contributed by atoms with Gasteiger partial charge in [-0.3, -0.25) is 9.59 Å². The molecule has 0 saturated heterocycles. The van der Waals surface area contributed by atoms with Crippen LogP contribution in [0.2, 0.25) is 5.02 Å². The lowest BCUT2D eigenvalue weighted by atomic mass is 10.3. The van der Waals surface area contributed by atoms with Crippen molar-refractivity contribution in [2.45, 2.75) is 18.8 Å². The van der Waals surface area contributed by atoms with Gasteiger partial charge in [-0.25, -0.2) is 0 Å². The molecular weight excluding hydrogens is 348 g/mol. The van der Waals surface area contributed by atoms with Gasteiger partial charge in [0, 0.05) is 19.0 Å². The highest BCUT2D eigenvalue weighted by Gasteiger charge is 2.29. The molecule has 1 fully saturated rings. The van der Waals surface area contributed by atoms with Gasteiger partial charge >= 0.3 is 11.8 Å². The molecule has 0 bridgehead atoms. The first-order valence-corrected chi connectivity index (χ1v) is 8.27. The third kappa shape index (κ3) is 4.93. The summed E-state index contributed by atoms with van der Waals surface area (Å²) in [6, 6.07) is 6.89. The topological polar surface area (TPSA) is 106 Å². The van der Waals surface area contributed by atoms with Crippen LogP contribution in [0.25, 0.3) is 0 Å². The second-order valence-corrected chi connectivity index (χ2v) is 5.96. The molecule has 9 heteroatoms. The number of hydrogen-bond acceptors (Lipinski definition) is 6. The van der Waals surface area contributed by atoms with Gasteiger partial charge in [0.15, 0.2) is 12.4 Å². The number of amides is 2. The molecule has 1 aliphatic rings. The van der Waals surface area contributed by atoms with E-state index in [9.17, 15) is 9.59 Å². The minimum atomic E-state index is -0.457. The number of nitrogens with zero attached hydrogens (tertiary/aromatic N) is 2. The summed E-state index contributed by atoms with van der Waals surface area (Å²) in [5.41, 5.74) is 0. The van der Waals surface area contributed by atoms with Crippen molar-refractivity contribution in [3.8, 4) is 5.75 Å². The smallest absolute Gasteiger partial charge is 0.315 e. The Balaban J connectivity index is 1.32. The highest BCUT2D eigenvalue weighted by molar-refractivity contribution is 6.32. The number of hydrogen-bond donors (Lipinski definition) is 2. The quantitative estimate of drug-likeness (QED) is 0.688. The van der Waals surface area contributed by atoms with Crippen molar-refractivity contribution in [3.63, 3.8) is 0 Å². The minimum Gasteiger partial charge on any atom is -0.482 e. The van der Waals surface area contributed by atoms with Crippen LogP contribution in [0.15, 0.2) is 28.8 Å².